The molecule has 0 saturated heterocycles. The molecule has 3 nitrogen and oxygen atoms in total. The van der Waals surface area contributed by atoms with Crippen molar-refractivity contribution in [3.8, 4) is 0 Å². The molecule has 0 aliphatic heterocycles. The second-order valence-corrected chi connectivity index (χ2v) is 5.64. The summed E-state index contributed by atoms with van der Waals surface area (Å²) in [7, 11) is 0. The first-order valence-electron chi connectivity index (χ1n) is 8.00. The van der Waals surface area contributed by atoms with E-state index in [0.29, 0.717) is 5.56 Å². The number of carbonyl (C=O) groups is 1. The minimum Gasteiger partial charge on any atom is -0.478 e. The molecule has 0 spiro atoms. The van der Waals surface area contributed by atoms with Gasteiger partial charge in [-0.15, -0.1) is 0 Å². The van der Waals surface area contributed by atoms with Crippen LogP contribution in [0, 0.1) is 0 Å². The van der Waals surface area contributed by atoms with E-state index in [4.69, 9.17) is 0 Å². The molecule has 114 valence electrons. The summed E-state index contributed by atoms with van der Waals surface area (Å²) in [6.07, 6.45) is 7.49. The number of fused-ring (bicyclic) bond motifs is 1. The maximum absolute atomic E-state index is 11.4. The number of hydrogen-bond acceptors (Lipinski definition) is 1. The van der Waals surface area contributed by atoms with E-state index < -0.39 is 5.97 Å². The van der Waals surface area contributed by atoms with Gasteiger partial charge >= 0.3 is 5.97 Å². The third kappa shape index (κ3) is 3.12. The molecule has 0 fully saturated rings. The van der Waals surface area contributed by atoms with E-state index in [1.807, 2.05) is 12.1 Å². The molecule has 0 aliphatic carbocycles. The summed E-state index contributed by atoms with van der Waals surface area (Å²) >= 11 is 0. The minimum atomic E-state index is -0.837. The number of hydrogen-bond donors (Lipinski definition) is 1. The molecule has 0 atom stereocenters. The van der Waals surface area contributed by atoms with Gasteiger partial charge in [-0.05, 0) is 48.9 Å². The van der Waals surface area contributed by atoms with Crippen molar-refractivity contribution in [2.75, 3.05) is 0 Å². The molecule has 2 rings (SSSR count). The van der Waals surface area contributed by atoms with Gasteiger partial charge in [0.05, 0.1) is 11.1 Å². The lowest BCUT2D eigenvalue weighted by Crippen LogP contribution is -2.01. The Hall–Kier alpha value is -1.77. The van der Waals surface area contributed by atoms with E-state index in [1.165, 1.54) is 11.1 Å². The van der Waals surface area contributed by atoms with Gasteiger partial charge in [-0.3, -0.25) is 0 Å². The molecule has 1 aromatic heterocycles. The lowest BCUT2D eigenvalue weighted by molar-refractivity contribution is 0.0697. The highest BCUT2D eigenvalue weighted by Crippen LogP contribution is 2.28. The van der Waals surface area contributed by atoms with Crippen LogP contribution in [-0.4, -0.2) is 15.6 Å². The molecule has 0 saturated carbocycles. The number of aryl methyl sites for hydroxylation is 3. The quantitative estimate of drug-likeness (QED) is 0.805. The van der Waals surface area contributed by atoms with Crippen molar-refractivity contribution in [1.29, 1.82) is 0 Å². The summed E-state index contributed by atoms with van der Waals surface area (Å²) in [6, 6.07) is 3.69. The molecule has 1 aromatic carbocycles. The monoisotopic (exact) mass is 287 g/mol. The fraction of sp³-hybridized carbons (Fsp3) is 0.500. The van der Waals surface area contributed by atoms with Crippen LogP contribution >= 0.6 is 0 Å². The average Bonchev–Trinajstić information content (AvgIpc) is 2.82. The standard InChI is InChI=1S/C18H25NO2/c1-4-7-8-14-12-19(9-5-2)17-13(6-3)10-15(18(20)21)11-16(14)17/h10-12H,4-9H2,1-3H3,(H,20,21). The number of carboxylic acid groups (broad SMARTS) is 1. The van der Waals surface area contributed by atoms with Crippen LogP contribution in [0.4, 0.5) is 0 Å². The fourth-order valence-electron chi connectivity index (χ4n) is 2.98. The van der Waals surface area contributed by atoms with Crippen LogP contribution in [0.15, 0.2) is 18.3 Å². The molecular formula is C18H25NO2. The predicted molar refractivity (Wildman–Crippen MR) is 87.2 cm³/mol. The third-order valence-corrected chi connectivity index (χ3v) is 4.03. The number of aromatic carboxylic acids is 1. The second kappa shape index (κ2) is 6.79. The van der Waals surface area contributed by atoms with E-state index in [1.54, 1.807) is 0 Å². The summed E-state index contributed by atoms with van der Waals surface area (Å²) in [5.41, 5.74) is 4.07. The molecule has 3 heteroatoms. The van der Waals surface area contributed by atoms with Crippen molar-refractivity contribution >= 4 is 16.9 Å². The lowest BCUT2D eigenvalue weighted by atomic mass is 10.0. The van der Waals surface area contributed by atoms with Crippen molar-refractivity contribution < 1.29 is 9.90 Å². The maximum atomic E-state index is 11.4. The molecule has 0 amide bonds. The predicted octanol–water partition coefficient (Wildman–Crippen LogP) is 4.65. The average molecular weight is 287 g/mol. The van der Waals surface area contributed by atoms with Crippen molar-refractivity contribution in [1.82, 2.24) is 4.57 Å². The van der Waals surface area contributed by atoms with E-state index in [0.717, 1.165) is 49.6 Å². The van der Waals surface area contributed by atoms with Crippen molar-refractivity contribution in [2.24, 2.45) is 0 Å². The molecule has 2 aromatic rings. The highest BCUT2D eigenvalue weighted by molar-refractivity contribution is 5.96. The first-order valence-corrected chi connectivity index (χ1v) is 8.00. The van der Waals surface area contributed by atoms with Crippen LogP contribution in [0.25, 0.3) is 10.9 Å². The summed E-state index contributed by atoms with van der Waals surface area (Å²) in [6.45, 7) is 7.44. The molecule has 1 heterocycles. The number of benzene rings is 1. The van der Waals surface area contributed by atoms with Crippen molar-refractivity contribution in [2.45, 2.75) is 59.4 Å². The fourth-order valence-corrected chi connectivity index (χ4v) is 2.98. The molecule has 0 unspecified atom stereocenters. The van der Waals surface area contributed by atoms with Gasteiger partial charge in [0, 0.05) is 18.1 Å². The highest BCUT2D eigenvalue weighted by Gasteiger charge is 2.15. The Morgan fingerprint density at radius 2 is 1.90 bits per heavy atom. The summed E-state index contributed by atoms with van der Waals surface area (Å²) < 4.78 is 2.31. The van der Waals surface area contributed by atoms with Gasteiger partial charge in [-0.1, -0.05) is 27.2 Å². The Morgan fingerprint density at radius 3 is 2.48 bits per heavy atom. The molecular weight excluding hydrogens is 262 g/mol. The van der Waals surface area contributed by atoms with Gasteiger partial charge in [0.15, 0.2) is 0 Å². The van der Waals surface area contributed by atoms with Crippen LogP contribution in [-0.2, 0) is 19.4 Å². The molecule has 1 N–H and O–H groups in total. The smallest absolute Gasteiger partial charge is 0.335 e. The zero-order valence-corrected chi connectivity index (χ0v) is 13.3. The van der Waals surface area contributed by atoms with Crippen LogP contribution in [0.2, 0.25) is 0 Å². The Kier molecular flexibility index (Phi) is 5.05. The molecule has 0 aliphatic rings. The van der Waals surface area contributed by atoms with E-state index >= 15 is 0 Å². The zero-order chi connectivity index (χ0) is 15.4. The van der Waals surface area contributed by atoms with Gasteiger partial charge in [0.2, 0.25) is 0 Å². The topological polar surface area (TPSA) is 42.2 Å². The van der Waals surface area contributed by atoms with Crippen LogP contribution in [0.3, 0.4) is 0 Å². The number of rotatable bonds is 7. The first kappa shape index (κ1) is 15.6. The number of unbranched alkanes of at least 4 members (excludes halogenated alkanes) is 1. The number of carboxylic acids is 1. The lowest BCUT2D eigenvalue weighted by Gasteiger charge is -2.09. The normalized spacial score (nSPS) is 11.2. The maximum Gasteiger partial charge on any atom is 0.335 e. The summed E-state index contributed by atoms with van der Waals surface area (Å²) in [4.78, 5) is 11.4. The molecule has 0 radical (unpaired) electrons. The molecule has 0 bridgehead atoms. The Morgan fingerprint density at radius 1 is 1.14 bits per heavy atom. The Balaban J connectivity index is 2.67. The summed E-state index contributed by atoms with van der Waals surface area (Å²) in [5, 5.41) is 10.5. The third-order valence-electron chi connectivity index (χ3n) is 4.03. The van der Waals surface area contributed by atoms with E-state index in [2.05, 4.69) is 31.5 Å². The van der Waals surface area contributed by atoms with Gasteiger partial charge in [-0.25, -0.2) is 4.79 Å². The van der Waals surface area contributed by atoms with E-state index in [9.17, 15) is 9.90 Å². The first-order chi connectivity index (χ1) is 10.1. The molecule has 21 heavy (non-hydrogen) atoms. The Labute approximate surface area is 126 Å². The van der Waals surface area contributed by atoms with Gasteiger partial charge in [0.1, 0.15) is 0 Å². The van der Waals surface area contributed by atoms with E-state index in [-0.39, 0.29) is 0 Å². The minimum absolute atomic E-state index is 0.409. The van der Waals surface area contributed by atoms with Gasteiger partial charge in [-0.2, -0.15) is 0 Å². The van der Waals surface area contributed by atoms with Crippen LogP contribution in [0.5, 0.6) is 0 Å². The van der Waals surface area contributed by atoms with Crippen LogP contribution < -0.4 is 0 Å². The Bertz CT molecular complexity index is 640. The largest absolute Gasteiger partial charge is 0.478 e. The van der Waals surface area contributed by atoms with Crippen LogP contribution in [0.1, 0.15) is 61.5 Å². The zero-order valence-electron chi connectivity index (χ0n) is 13.3. The second-order valence-electron chi connectivity index (χ2n) is 5.64. The van der Waals surface area contributed by atoms with Crippen molar-refractivity contribution in [3.05, 3.63) is 35.0 Å². The number of aromatic nitrogens is 1. The van der Waals surface area contributed by atoms with Crippen molar-refractivity contribution in [3.63, 3.8) is 0 Å². The highest BCUT2D eigenvalue weighted by atomic mass is 16.4. The van der Waals surface area contributed by atoms with Gasteiger partial charge < -0.3 is 9.67 Å². The van der Waals surface area contributed by atoms with Gasteiger partial charge in [0.25, 0.3) is 0 Å². The number of nitrogens with zero attached hydrogens (tertiary/aromatic N) is 1. The summed E-state index contributed by atoms with van der Waals surface area (Å²) in [5.74, 6) is -0.837. The SMILES string of the molecule is CCCCc1cn(CCC)c2c(CC)cc(C(=O)O)cc12.